The topological polar surface area (TPSA) is 102 Å². The number of aromatic nitrogens is 2. The summed E-state index contributed by atoms with van der Waals surface area (Å²) >= 11 is 0. The van der Waals surface area contributed by atoms with Crippen LogP contribution in [0.5, 0.6) is 0 Å². The lowest BCUT2D eigenvalue weighted by Gasteiger charge is -2.32. The SMILES string of the molecule is COCCn1c(N)c(NC(C)C2CCC2)c(=O)[nH]c1=O. The molecule has 0 aromatic carbocycles. The van der Waals surface area contributed by atoms with Crippen LogP contribution >= 0.6 is 0 Å². The molecule has 1 saturated carbocycles. The summed E-state index contributed by atoms with van der Waals surface area (Å²) in [6, 6.07) is 0.167. The lowest BCUT2D eigenvalue weighted by atomic mass is 9.80. The van der Waals surface area contributed by atoms with Crippen molar-refractivity contribution < 1.29 is 4.74 Å². The van der Waals surface area contributed by atoms with Gasteiger partial charge in [0.1, 0.15) is 11.5 Å². The maximum Gasteiger partial charge on any atom is 0.330 e. The predicted octanol–water partition coefficient (Wildman–Crippen LogP) is 0.366. The van der Waals surface area contributed by atoms with Crippen molar-refractivity contribution in [2.24, 2.45) is 5.92 Å². The van der Waals surface area contributed by atoms with Crippen LogP contribution in [0, 0.1) is 5.92 Å². The van der Waals surface area contributed by atoms with Crippen molar-refractivity contribution in [1.29, 1.82) is 0 Å². The molecular weight excluding hydrogens is 260 g/mol. The van der Waals surface area contributed by atoms with E-state index < -0.39 is 11.2 Å². The average molecular weight is 282 g/mol. The molecule has 1 aromatic rings. The van der Waals surface area contributed by atoms with Gasteiger partial charge in [0.25, 0.3) is 5.56 Å². The summed E-state index contributed by atoms with van der Waals surface area (Å²) in [5.41, 5.74) is 5.26. The minimum absolute atomic E-state index is 0.167. The molecule has 1 atom stereocenters. The molecule has 1 heterocycles. The summed E-state index contributed by atoms with van der Waals surface area (Å²) in [5, 5.41) is 3.16. The molecule has 1 aromatic heterocycles. The fourth-order valence-corrected chi connectivity index (χ4v) is 2.42. The van der Waals surface area contributed by atoms with Gasteiger partial charge in [0.2, 0.25) is 0 Å². The molecule has 1 fully saturated rings. The van der Waals surface area contributed by atoms with Gasteiger partial charge in [-0.25, -0.2) is 4.79 Å². The van der Waals surface area contributed by atoms with Crippen LogP contribution in [-0.2, 0) is 11.3 Å². The highest BCUT2D eigenvalue weighted by Gasteiger charge is 2.25. The van der Waals surface area contributed by atoms with Crippen LogP contribution in [0.2, 0.25) is 0 Å². The van der Waals surface area contributed by atoms with E-state index in [2.05, 4.69) is 10.3 Å². The largest absolute Gasteiger partial charge is 0.383 e. The van der Waals surface area contributed by atoms with E-state index in [1.165, 1.54) is 11.0 Å². The number of anilines is 2. The maximum absolute atomic E-state index is 11.9. The molecule has 1 aliphatic rings. The van der Waals surface area contributed by atoms with E-state index in [0.29, 0.717) is 19.1 Å². The number of nitrogens with two attached hydrogens (primary N) is 1. The Morgan fingerprint density at radius 1 is 1.50 bits per heavy atom. The standard InChI is InChI=1S/C13H22N4O3/c1-8(9-4-3-5-9)15-10-11(14)17(6-7-20-2)13(19)16-12(10)18/h8-9,15H,3-7,14H2,1-2H3,(H,16,18,19). The second kappa shape index (κ2) is 6.13. The van der Waals surface area contributed by atoms with Gasteiger partial charge in [-0.15, -0.1) is 0 Å². The van der Waals surface area contributed by atoms with E-state index in [9.17, 15) is 9.59 Å². The molecule has 0 radical (unpaired) electrons. The highest BCUT2D eigenvalue weighted by Crippen LogP contribution is 2.31. The molecule has 0 bridgehead atoms. The van der Waals surface area contributed by atoms with Gasteiger partial charge in [0, 0.05) is 13.2 Å². The Kier molecular flexibility index (Phi) is 4.49. The molecular formula is C13H22N4O3. The normalized spacial score (nSPS) is 16.7. The highest BCUT2D eigenvalue weighted by atomic mass is 16.5. The Hall–Kier alpha value is -1.76. The minimum atomic E-state index is -0.508. The Labute approximate surface area is 117 Å². The van der Waals surface area contributed by atoms with Gasteiger partial charge >= 0.3 is 5.69 Å². The molecule has 2 rings (SSSR count). The Bertz CT molecular complexity index is 574. The summed E-state index contributed by atoms with van der Waals surface area (Å²) in [6.45, 7) is 2.70. The smallest absolute Gasteiger partial charge is 0.330 e. The number of hydrogen-bond donors (Lipinski definition) is 3. The first-order valence-electron chi connectivity index (χ1n) is 6.92. The number of aromatic amines is 1. The average Bonchev–Trinajstić information content (AvgIpc) is 2.32. The second-order valence-corrected chi connectivity index (χ2v) is 5.29. The summed E-state index contributed by atoms with van der Waals surface area (Å²) in [5.74, 6) is 0.732. The van der Waals surface area contributed by atoms with Gasteiger partial charge in [-0.05, 0) is 25.7 Å². The van der Waals surface area contributed by atoms with Gasteiger partial charge < -0.3 is 15.8 Å². The van der Waals surface area contributed by atoms with Crippen molar-refractivity contribution in [1.82, 2.24) is 9.55 Å². The third-order valence-electron chi connectivity index (χ3n) is 3.99. The van der Waals surface area contributed by atoms with Gasteiger partial charge in [0.05, 0.1) is 13.2 Å². The Morgan fingerprint density at radius 2 is 2.20 bits per heavy atom. The fraction of sp³-hybridized carbons (Fsp3) is 0.692. The third-order valence-corrected chi connectivity index (χ3v) is 3.99. The first kappa shape index (κ1) is 14.6. The molecule has 1 unspecified atom stereocenters. The van der Waals surface area contributed by atoms with Gasteiger partial charge in [0.15, 0.2) is 0 Å². The van der Waals surface area contributed by atoms with E-state index in [-0.39, 0.29) is 17.5 Å². The van der Waals surface area contributed by atoms with Crippen molar-refractivity contribution >= 4 is 11.5 Å². The second-order valence-electron chi connectivity index (χ2n) is 5.29. The van der Waals surface area contributed by atoms with Gasteiger partial charge in [-0.1, -0.05) is 6.42 Å². The van der Waals surface area contributed by atoms with Crippen molar-refractivity contribution in [2.45, 2.75) is 38.8 Å². The zero-order valence-corrected chi connectivity index (χ0v) is 11.9. The number of rotatable bonds is 6. The van der Waals surface area contributed by atoms with E-state index in [1.807, 2.05) is 6.92 Å². The number of ether oxygens (including phenoxy) is 1. The van der Waals surface area contributed by atoms with E-state index in [0.717, 1.165) is 12.8 Å². The van der Waals surface area contributed by atoms with E-state index in [4.69, 9.17) is 10.5 Å². The van der Waals surface area contributed by atoms with Crippen LogP contribution < -0.4 is 22.3 Å². The first-order chi connectivity index (χ1) is 9.54. The van der Waals surface area contributed by atoms with Crippen LogP contribution in [-0.4, -0.2) is 29.3 Å². The summed E-state index contributed by atoms with van der Waals surface area (Å²) in [4.78, 5) is 25.9. The van der Waals surface area contributed by atoms with Crippen LogP contribution in [0.25, 0.3) is 0 Å². The molecule has 7 heteroatoms. The van der Waals surface area contributed by atoms with Gasteiger partial charge in [-0.2, -0.15) is 0 Å². The fourth-order valence-electron chi connectivity index (χ4n) is 2.42. The van der Waals surface area contributed by atoms with Crippen molar-refractivity contribution in [2.75, 3.05) is 24.8 Å². The van der Waals surface area contributed by atoms with Crippen molar-refractivity contribution in [3.63, 3.8) is 0 Å². The first-order valence-corrected chi connectivity index (χ1v) is 6.92. The van der Waals surface area contributed by atoms with E-state index >= 15 is 0 Å². The number of nitrogens with one attached hydrogen (secondary N) is 2. The Balaban J connectivity index is 2.26. The molecule has 0 spiro atoms. The summed E-state index contributed by atoms with van der Waals surface area (Å²) in [6.07, 6.45) is 3.56. The lowest BCUT2D eigenvalue weighted by Crippen LogP contribution is -2.38. The molecule has 112 valence electrons. The molecule has 1 aliphatic carbocycles. The van der Waals surface area contributed by atoms with Crippen LogP contribution in [0.15, 0.2) is 9.59 Å². The highest BCUT2D eigenvalue weighted by molar-refractivity contribution is 5.60. The van der Waals surface area contributed by atoms with Crippen LogP contribution in [0.3, 0.4) is 0 Å². The molecule has 0 amide bonds. The number of H-pyrrole nitrogens is 1. The van der Waals surface area contributed by atoms with Crippen LogP contribution in [0.1, 0.15) is 26.2 Å². The minimum Gasteiger partial charge on any atom is -0.383 e. The van der Waals surface area contributed by atoms with Crippen molar-refractivity contribution in [3.8, 4) is 0 Å². The number of nitrogens with zero attached hydrogens (tertiary/aromatic N) is 1. The number of hydrogen-bond acceptors (Lipinski definition) is 5. The number of methoxy groups -OCH3 is 1. The lowest BCUT2D eigenvalue weighted by molar-refractivity contribution is 0.186. The quantitative estimate of drug-likeness (QED) is 0.699. The monoisotopic (exact) mass is 282 g/mol. The summed E-state index contributed by atoms with van der Waals surface area (Å²) in [7, 11) is 1.55. The molecule has 0 saturated heterocycles. The summed E-state index contributed by atoms with van der Waals surface area (Å²) < 4.78 is 6.26. The zero-order valence-electron chi connectivity index (χ0n) is 11.9. The zero-order chi connectivity index (χ0) is 14.7. The predicted molar refractivity (Wildman–Crippen MR) is 78.0 cm³/mol. The maximum atomic E-state index is 11.9. The molecule has 0 aliphatic heterocycles. The number of nitrogen functional groups attached to an aromatic ring is 1. The molecule has 4 N–H and O–H groups in total. The van der Waals surface area contributed by atoms with Crippen molar-refractivity contribution in [3.05, 3.63) is 20.8 Å². The van der Waals surface area contributed by atoms with E-state index in [1.54, 1.807) is 7.11 Å². The van der Waals surface area contributed by atoms with Crippen LogP contribution in [0.4, 0.5) is 11.5 Å². The Morgan fingerprint density at radius 3 is 2.75 bits per heavy atom. The molecule has 7 nitrogen and oxygen atoms in total. The van der Waals surface area contributed by atoms with Gasteiger partial charge in [-0.3, -0.25) is 14.3 Å². The molecule has 20 heavy (non-hydrogen) atoms. The third kappa shape index (κ3) is 2.87.